The number of para-hydroxylation sites is 2. The lowest BCUT2D eigenvalue weighted by Gasteiger charge is -2.17. The van der Waals surface area contributed by atoms with Crippen molar-refractivity contribution in [2.24, 2.45) is 7.05 Å². The van der Waals surface area contributed by atoms with E-state index in [9.17, 15) is 8.78 Å². The summed E-state index contributed by atoms with van der Waals surface area (Å²) < 4.78 is 31.0. The van der Waals surface area contributed by atoms with Crippen LogP contribution in [0.3, 0.4) is 0 Å². The standard InChI is InChI=1S/C13H15F2N3O/c1-9(12-16-7-8-18(12)2)17-10-5-3-4-6-11(10)19-13(14)15/h3-9,13,17H,1-2H3. The summed E-state index contributed by atoms with van der Waals surface area (Å²) in [5, 5.41) is 3.12. The van der Waals surface area contributed by atoms with Crippen LogP contribution in [0.4, 0.5) is 14.5 Å². The molecule has 1 aromatic heterocycles. The number of halogens is 2. The molecule has 19 heavy (non-hydrogen) atoms. The van der Waals surface area contributed by atoms with Gasteiger partial charge in [0, 0.05) is 19.4 Å². The topological polar surface area (TPSA) is 39.1 Å². The third-order valence-corrected chi connectivity index (χ3v) is 2.72. The van der Waals surface area contributed by atoms with Gasteiger partial charge in [0.05, 0.1) is 11.7 Å². The molecule has 1 unspecified atom stereocenters. The van der Waals surface area contributed by atoms with Crippen molar-refractivity contribution in [3.05, 3.63) is 42.5 Å². The summed E-state index contributed by atoms with van der Waals surface area (Å²) in [6.07, 6.45) is 3.52. The number of aryl methyl sites for hydroxylation is 1. The Morgan fingerprint density at radius 1 is 1.32 bits per heavy atom. The summed E-state index contributed by atoms with van der Waals surface area (Å²) in [6.45, 7) is -0.937. The largest absolute Gasteiger partial charge is 0.433 e. The first-order valence-electron chi connectivity index (χ1n) is 5.85. The van der Waals surface area contributed by atoms with Gasteiger partial charge in [-0.2, -0.15) is 8.78 Å². The van der Waals surface area contributed by atoms with Gasteiger partial charge in [0.2, 0.25) is 0 Å². The molecule has 2 rings (SSSR count). The second kappa shape index (κ2) is 5.69. The van der Waals surface area contributed by atoms with Crippen LogP contribution in [0, 0.1) is 0 Å². The molecule has 0 amide bonds. The fraction of sp³-hybridized carbons (Fsp3) is 0.308. The van der Waals surface area contributed by atoms with Crippen molar-refractivity contribution >= 4 is 5.69 Å². The van der Waals surface area contributed by atoms with Gasteiger partial charge in [-0.05, 0) is 19.1 Å². The Kier molecular flexibility index (Phi) is 3.99. The van der Waals surface area contributed by atoms with E-state index in [2.05, 4.69) is 15.0 Å². The smallest absolute Gasteiger partial charge is 0.387 e. The quantitative estimate of drug-likeness (QED) is 0.904. The highest BCUT2D eigenvalue weighted by molar-refractivity contribution is 5.56. The molecule has 0 saturated heterocycles. The Hall–Kier alpha value is -2.11. The van der Waals surface area contributed by atoms with Crippen LogP contribution >= 0.6 is 0 Å². The van der Waals surface area contributed by atoms with Gasteiger partial charge in [-0.25, -0.2) is 4.98 Å². The van der Waals surface area contributed by atoms with Crippen LogP contribution in [0.1, 0.15) is 18.8 Å². The van der Waals surface area contributed by atoms with Gasteiger partial charge in [-0.1, -0.05) is 12.1 Å². The zero-order valence-electron chi connectivity index (χ0n) is 10.7. The van der Waals surface area contributed by atoms with E-state index in [1.54, 1.807) is 24.4 Å². The molecule has 0 spiro atoms. The molecule has 0 radical (unpaired) electrons. The summed E-state index contributed by atoms with van der Waals surface area (Å²) >= 11 is 0. The number of hydrogen-bond acceptors (Lipinski definition) is 3. The highest BCUT2D eigenvalue weighted by atomic mass is 19.3. The van der Waals surface area contributed by atoms with E-state index in [0.717, 1.165) is 5.82 Å². The number of nitrogens with zero attached hydrogens (tertiary/aromatic N) is 2. The normalized spacial score (nSPS) is 12.5. The number of imidazole rings is 1. The second-order valence-corrected chi connectivity index (χ2v) is 4.14. The number of hydrogen-bond donors (Lipinski definition) is 1. The minimum Gasteiger partial charge on any atom is -0.433 e. The monoisotopic (exact) mass is 267 g/mol. The molecule has 0 aliphatic heterocycles. The van der Waals surface area contributed by atoms with Crippen molar-refractivity contribution in [1.29, 1.82) is 0 Å². The highest BCUT2D eigenvalue weighted by Gasteiger charge is 2.14. The molecule has 0 aliphatic carbocycles. The maximum absolute atomic E-state index is 12.3. The van der Waals surface area contributed by atoms with Gasteiger partial charge in [-0.3, -0.25) is 0 Å². The fourth-order valence-corrected chi connectivity index (χ4v) is 1.88. The van der Waals surface area contributed by atoms with Crippen molar-refractivity contribution in [3.63, 3.8) is 0 Å². The summed E-state index contributed by atoms with van der Waals surface area (Å²) in [4.78, 5) is 4.21. The molecule has 102 valence electrons. The van der Waals surface area contributed by atoms with Crippen molar-refractivity contribution in [2.75, 3.05) is 5.32 Å². The van der Waals surface area contributed by atoms with Crippen LogP contribution in [-0.2, 0) is 7.05 Å². The number of anilines is 1. The molecule has 1 atom stereocenters. The molecule has 0 saturated carbocycles. The van der Waals surface area contributed by atoms with Crippen LogP contribution in [0.25, 0.3) is 0 Å². The van der Waals surface area contributed by atoms with Gasteiger partial charge in [0.1, 0.15) is 11.6 Å². The Balaban J connectivity index is 2.17. The Morgan fingerprint density at radius 2 is 2.05 bits per heavy atom. The van der Waals surface area contributed by atoms with Gasteiger partial charge >= 0.3 is 6.61 Å². The molecule has 2 aromatic rings. The molecule has 6 heteroatoms. The maximum Gasteiger partial charge on any atom is 0.387 e. The van der Waals surface area contributed by atoms with Gasteiger partial charge in [0.15, 0.2) is 0 Å². The lowest BCUT2D eigenvalue weighted by molar-refractivity contribution is -0.0493. The SMILES string of the molecule is CC(Nc1ccccc1OC(F)F)c1nccn1C. The number of nitrogens with one attached hydrogen (secondary N) is 1. The number of alkyl halides is 2. The number of ether oxygens (including phenoxy) is 1. The highest BCUT2D eigenvalue weighted by Crippen LogP contribution is 2.28. The molecule has 0 aliphatic rings. The Morgan fingerprint density at radius 3 is 2.68 bits per heavy atom. The first kappa shape index (κ1) is 13.3. The zero-order chi connectivity index (χ0) is 13.8. The van der Waals surface area contributed by atoms with E-state index in [-0.39, 0.29) is 11.8 Å². The Bertz CT molecular complexity index is 542. The van der Waals surface area contributed by atoms with Gasteiger partial charge < -0.3 is 14.6 Å². The maximum atomic E-state index is 12.3. The van der Waals surface area contributed by atoms with Crippen LogP contribution in [0.5, 0.6) is 5.75 Å². The molecule has 1 heterocycles. The minimum atomic E-state index is -2.84. The molecular weight excluding hydrogens is 252 g/mol. The zero-order valence-corrected chi connectivity index (χ0v) is 10.7. The summed E-state index contributed by atoms with van der Waals surface area (Å²) in [7, 11) is 1.88. The predicted molar refractivity (Wildman–Crippen MR) is 68.3 cm³/mol. The van der Waals surface area contributed by atoms with Crippen LogP contribution < -0.4 is 10.1 Å². The van der Waals surface area contributed by atoms with E-state index in [0.29, 0.717) is 5.69 Å². The minimum absolute atomic E-state index is 0.123. The third kappa shape index (κ3) is 3.21. The van der Waals surface area contributed by atoms with E-state index in [4.69, 9.17) is 0 Å². The third-order valence-electron chi connectivity index (χ3n) is 2.72. The predicted octanol–water partition coefficient (Wildman–Crippen LogP) is 3.19. The van der Waals surface area contributed by atoms with Gasteiger partial charge in [-0.15, -0.1) is 0 Å². The van der Waals surface area contributed by atoms with Crippen molar-refractivity contribution in [3.8, 4) is 5.75 Å². The molecular formula is C13H15F2N3O. The van der Waals surface area contributed by atoms with Gasteiger partial charge in [0.25, 0.3) is 0 Å². The fourth-order valence-electron chi connectivity index (χ4n) is 1.88. The Labute approximate surface area is 110 Å². The molecule has 1 aromatic carbocycles. The van der Waals surface area contributed by atoms with Crippen LogP contribution in [-0.4, -0.2) is 16.2 Å². The number of rotatable bonds is 5. The lowest BCUT2D eigenvalue weighted by atomic mass is 10.2. The van der Waals surface area contributed by atoms with E-state index in [1.165, 1.54) is 6.07 Å². The van der Waals surface area contributed by atoms with Crippen molar-refractivity contribution in [2.45, 2.75) is 19.6 Å². The molecule has 0 fully saturated rings. The second-order valence-electron chi connectivity index (χ2n) is 4.14. The lowest BCUT2D eigenvalue weighted by Crippen LogP contribution is -2.13. The van der Waals surface area contributed by atoms with E-state index >= 15 is 0 Å². The molecule has 1 N–H and O–H groups in total. The molecule has 4 nitrogen and oxygen atoms in total. The van der Waals surface area contributed by atoms with Crippen molar-refractivity contribution < 1.29 is 13.5 Å². The van der Waals surface area contributed by atoms with Crippen LogP contribution in [0.2, 0.25) is 0 Å². The molecule has 0 bridgehead atoms. The average molecular weight is 267 g/mol. The first-order valence-corrected chi connectivity index (χ1v) is 5.85. The summed E-state index contributed by atoms with van der Waals surface area (Å²) in [5.74, 6) is 0.936. The van der Waals surface area contributed by atoms with Crippen molar-refractivity contribution in [1.82, 2.24) is 9.55 Å². The van der Waals surface area contributed by atoms with Crippen LogP contribution in [0.15, 0.2) is 36.7 Å². The number of benzene rings is 1. The first-order chi connectivity index (χ1) is 9.08. The summed E-state index contributed by atoms with van der Waals surface area (Å²) in [5.41, 5.74) is 0.512. The van der Waals surface area contributed by atoms with E-state index < -0.39 is 6.61 Å². The average Bonchev–Trinajstić information content (AvgIpc) is 2.77. The number of aromatic nitrogens is 2. The van der Waals surface area contributed by atoms with E-state index in [1.807, 2.05) is 24.7 Å². The summed E-state index contributed by atoms with van der Waals surface area (Å²) in [6, 6.07) is 6.47.